The average Bonchev–Trinajstić information content (AvgIpc) is 3.46. The van der Waals surface area contributed by atoms with Gasteiger partial charge >= 0.3 is 0 Å². The molecule has 2 aromatic rings. The van der Waals surface area contributed by atoms with Gasteiger partial charge in [0.15, 0.2) is 11.5 Å². The zero-order valence-corrected chi connectivity index (χ0v) is 26.7. The number of sulfonamides is 1. The fourth-order valence-electron chi connectivity index (χ4n) is 4.74. The molecule has 2 aromatic carbocycles. The van der Waals surface area contributed by atoms with Crippen molar-refractivity contribution in [3.63, 3.8) is 0 Å². The van der Waals surface area contributed by atoms with Crippen LogP contribution in [0.2, 0.25) is 0 Å². The molecule has 0 radical (unpaired) electrons. The lowest BCUT2D eigenvalue weighted by Gasteiger charge is -2.32. The van der Waals surface area contributed by atoms with Crippen molar-refractivity contribution in [2.24, 2.45) is 11.8 Å². The summed E-state index contributed by atoms with van der Waals surface area (Å²) in [6.07, 6.45) is -0.383. The Morgan fingerprint density at radius 1 is 0.953 bits per heavy atom. The minimum atomic E-state index is -4.05. The number of nitrogens with zero attached hydrogens (tertiary/aromatic N) is 1. The van der Waals surface area contributed by atoms with Crippen LogP contribution in [-0.2, 0) is 26.0 Å². The third-order valence-electron chi connectivity index (χ3n) is 7.65. The van der Waals surface area contributed by atoms with Crippen molar-refractivity contribution >= 4 is 21.8 Å². The number of aliphatic hydroxyl groups excluding tert-OH is 1. The number of aliphatic hydroxyl groups is 1. The van der Waals surface area contributed by atoms with Gasteiger partial charge in [-0.1, -0.05) is 64.4 Å². The van der Waals surface area contributed by atoms with Crippen LogP contribution in [0.25, 0.3) is 0 Å². The quantitative estimate of drug-likeness (QED) is 0.224. The number of amides is 2. The molecular formula is C31H46N4O7S. The van der Waals surface area contributed by atoms with E-state index in [1.165, 1.54) is 16.4 Å². The summed E-state index contributed by atoms with van der Waals surface area (Å²) in [6.45, 7) is 9.19. The molecule has 43 heavy (non-hydrogen) atoms. The van der Waals surface area contributed by atoms with Gasteiger partial charge in [-0.3, -0.25) is 9.59 Å². The highest BCUT2D eigenvalue weighted by atomic mass is 32.2. The Morgan fingerprint density at radius 2 is 1.63 bits per heavy atom. The number of hydrogen-bond donors (Lipinski definition) is 4. The van der Waals surface area contributed by atoms with Gasteiger partial charge in [0.1, 0.15) is 6.04 Å². The number of ether oxygens (including phenoxy) is 2. The highest BCUT2D eigenvalue weighted by molar-refractivity contribution is 7.89. The molecule has 1 heterocycles. The predicted molar refractivity (Wildman–Crippen MR) is 164 cm³/mol. The van der Waals surface area contributed by atoms with E-state index in [-0.39, 0.29) is 48.9 Å². The van der Waals surface area contributed by atoms with E-state index in [4.69, 9.17) is 9.47 Å². The second-order valence-corrected chi connectivity index (χ2v) is 13.4. The van der Waals surface area contributed by atoms with Crippen molar-refractivity contribution in [1.29, 1.82) is 0 Å². The first-order valence-corrected chi connectivity index (χ1v) is 16.2. The molecule has 1 unspecified atom stereocenters. The monoisotopic (exact) mass is 618 g/mol. The summed E-state index contributed by atoms with van der Waals surface area (Å²) in [5.41, 5.74) is 0.855. The van der Waals surface area contributed by atoms with Crippen LogP contribution in [0.4, 0.5) is 0 Å². The maximum Gasteiger partial charge on any atom is 0.243 e. The van der Waals surface area contributed by atoms with Crippen molar-refractivity contribution in [3.05, 3.63) is 54.1 Å². The Kier molecular flexibility index (Phi) is 12.4. The van der Waals surface area contributed by atoms with E-state index in [1.54, 1.807) is 20.0 Å². The molecule has 1 aliphatic heterocycles. The third kappa shape index (κ3) is 9.15. The number of fused-ring (bicyclic) bond motifs is 1. The van der Waals surface area contributed by atoms with E-state index in [2.05, 4.69) is 16.0 Å². The largest absolute Gasteiger partial charge is 0.454 e. The predicted octanol–water partition coefficient (Wildman–Crippen LogP) is 2.29. The van der Waals surface area contributed by atoms with Crippen LogP contribution in [0, 0.1) is 11.8 Å². The molecule has 3 rings (SSSR count). The molecular weight excluding hydrogens is 572 g/mol. The second kappa shape index (κ2) is 15.5. The molecule has 4 N–H and O–H groups in total. The molecule has 0 fully saturated rings. The van der Waals surface area contributed by atoms with Gasteiger partial charge in [-0.2, -0.15) is 4.31 Å². The minimum Gasteiger partial charge on any atom is -0.454 e. The summed E-state index contributed by atoms with van der Waals surface area (Å²) < 4.78 is 39.6. The maximum atomic E-state index is 13.8. The first kappa shape index (κ1) is 34.3. The lowest BCUT2D eigenvalue weighted by Crippen LogP contribution is -2.58. The lowest BCUT2D eigenvalue weighted by molar-refractivity contribution is -0.131. The van der Waals surface area contributed by atoms with E-state index >= 15 is 0 Å². The van der Waals surface area contributed by atoms with Crippen LogP contribution in [0.1, 0.15) is 46.6 Å². The smallest absolute Gasteiger partial charge is 0.243 e. The molecule has 11 nitrogen and oxygen atoms in total. The number of carbonyl (C=O) groups is 2. The topological polar surface area (TPSA) is 146 Å². The molecule has 238 valence electrons. The summed E-state index contributed by atoms with van der Waals surface area (Å²) in [5, 5.41) is 20.2. The van der Waals surface area contributed by atoms with E-state index in [0.29, 0.717) is 17.9 Å². The van der Waals surface area contributed by atoms with Crippen molar-refractivity contribution in [3.8, 4) is 11.5 Å². The molecule has 0 saturated carbocycles. The lowest BCUT2D eigenvalue weighted by atomic mass is 9.95. The van der Waals surface area contributed by atoms with Gasteiger partial charge in [0, 0.05) is 19.2 Å². The summed E-state index contributed by atoms with van der Waals surface area (Å²) in [7, 11) is -2.39. The van der Waals surface area contributed by atoms with Gasteiger partial charge in [0.2, 0.25) is 28.6 Å². The first-order valence-electron chi connectivity index (χ1n) is 14.8. The number of rotatable bonds is 16. The van der Waals surface area contributed by atoms with Crippen molar-refractivity contribution < 1.29 is 32.6 Å². The van der Waals surface area contributed by atoms with Crippen LogP contribution in [-0.4, -0.2) is 80.8 Å². The Hall–Kier alpha value is -3.19. The Labute approximate surface area is 255 Å². The van der Waals surface area contributed by atoms with Crippen LogP contribution in [0.3, 0.4) is 0 Å². The van der Waals surface area contributed by atoms with Crippen LogP contribution >= 0.6 is 0 Å². The average molecular weight is 619 g/mol. The summed E-state index contributed by atoms with van der Waals surface area (Å²) in [6, 6.07) is 11.6. The van der Waals surface area contributed by atoms with Gasteiger partial charge in [0.25, 0.3) is 0 Å². The Balaban J connectivity index is 1.90. The molecule has 0 aromatic heterocycles. The normalized spacial score (nSPS) is 16.4. The molecule has 0 bridgehead atoms. The summed E-state index contributed by atoms with van der Waals surface area (Å²) in [4.78, 5) is 26.4. The van der Waals surface area contributed by atoms with Crippen LogP contribution < -0.4 is 25.4 Å². The number of carbonyl (C=O) groups excluding carboxylic acids is 2. The Bertz CT molecular complexity index is 1320. The molecule has 0 saturated heterocycles. The van der Waals surface area contributed by atoms with E-state index < -0.39 is 40.2 Å². The zero-order chi connectivity index (χ0) is 31.7. The third-order valence-corrected chi connectivity index (χ3v) is 9.48. The minimum absolute atomic E-state index is 0.0140. The highest BCUT2D eigenvalue weighted by Crippen LogP contribution is 2.35. The van der Waals surface area contributed by atoms with E-state index in [1.807, 2.05) is 58.0 Å². The van der Waals surface area contributed by atoms with Gasteiger partial charge in [-0.05, 0) is 49.9 Å². The van der Waals surface area contributed by atoms with Crippen LogP contribution in [0.5, 0.6) is 11.5 Å². The number of likely N-dealkylation sites (N-methyl/N-ethyl adjacent to an activating group) is 1. The molecule has 0 aliphatic carbocycles. The maximum absolute atomic E-state index is 13.8. The molecule has 2 amide bonds. The standard InChI is InChI=1S/C31H46N4O7S/c1-7-21(4)29(34-30(37)22(5)32-6)31(38)33-25(15-23-11-9-8-10-12-23)26(36)18-35(17-20(2)3)43(39,40)24-13-14-27-28(16-24)42-19-41-27/h8-14,16,20-22,25-26,29,32,36H,7,15,17-19H2,1-6H3,(H,33,38)(H,34,37)/t21?,22-,25+,26-,29+/m1/s1. The molecule has 1 aliphatic rings. The molecule has 12 heteroatoms. The van der Waals surface area contributed by atoms with E-state index in [0.717, 1.165) is 5.56 Å². The van der Waals surface area contributed by atoms with Gasteiger partial charge < -0.3 is 30.5 Å². The zero-order valence-electron chi connectivity index (χ0n) is 25.9. The highest BCUT2D eigenvalue weighted by Gasteiger charge is 2.34. The Morgan fingerprint density at radius 3 is 2.26 bits per heavy atom. The SMILES string of the molecule is CCC(C)[C@H](NC(=O)[C@@H](C)NC)C(=O)N[C@@H](Cc1ccccc1)[C@H](O)CN(CC(C)C)S(=O)(=O)c1ccc2c(c1)OCO2. The fourth-order valence-corrected chi connectivity index (χ4v) is 6.37. The van der Waals surface area contributed by atoms with Gasteiger partial charge in [0.05, 0.1) is 23.1 Å². The van der Waals surface area contributed by atoms with Crippen molar-refractivity contribution in [2.75, 3.05) is 26.9 Å². The van der Waals surface area contributed by atoms with Crippen LogP contribution in [0.15, 0.2) is 53.4 Å². The van der Waals surface area contributed by atoms with Gasteiger partial charge in [-0.25, -0.2) is 8.42 Å². The summed E-state index contributed by atoms with van der Waals surface area (Å²) >= 11 is 0. The number of hydrogen-bond acceptors (Lipinski definition) is 8. The van der Waals surface area contributed by atoms with Crippen molar-refractivity contribution in [1.82, 2.24) is 20.3 Å². The number of benzene rings is 2. The van der Waals surface area contributed by atoms with Crippen molar-refractivity contribution in [2.45, 2.75) is 76.6 Å². The number of nitrogens with one attached hydrogen (secondary N) is 3. The summed E-state index contributed by atoms with van der Waals surface area (Å²) in [5.74, 6) is -0.192. The molecule has 5 atom stereocenters. The molecule has 0 spiro atoms. The van der Waals surface area contributed by atoms with E-state index in [9.17, 15) is 23.1 Å². The second-order valence-electron chi connectivity index (χ2n) is 11.5. The fraction of sp³-hybridized carbons (Fsp3) is 0.548. The first-order chi connectivity index (χ1) is 20.4. The van der Waals surface area contributed by atoms with Gasteiger partial charge in [-0.15, -0.1) is 0 Å².